The fourth-order valence-electron chi connectivity index (χ4n) is 2.53. The number of nitrogens with one attached hydrogen (secondary N) is 1. The molecule has 1 atom stereocenters. The van der Waals surface area contributed by atoms with E-state index in [4.69, 9.17) is 5.73 Å². The Bertz CT molecular complexity index is 433. The van der Waals surface area contributed by atoms with Gasteiger partial charge in [-0.15, -0.1) is 0 Å². The predicted molar refractivity (Wildman–Crippen MR) is 69.4 cm³/mol. The fraction of sp³-hybridized carbons (Fsp3) is 0.462. The van der Waals surface area contributed by atoms with Gasteiger partial charge in [0.1, 0.15) is 0 Å². The smallest absolute Gasteiger partial charge is 0.322 e. The molecule has 0 aromatic heterocycles. The molecule has 1 saturated heterocycles. The monoisotopic (exact) mass is 233 g/mol. The third-order valence-electron chi connectivity index (χ3n) is 3.17. The number of amides is 2. The van der Waals surface area contributed by atoms with Crippen LogP contribution in [0.2, 0.25) is 0 Å². The lowest BCUT2D eigenvalue weighted by molar-refractivity contribution is 0.251. The van der Waals surface area contributed by atoms with Crippen LogP contribution in [0.5, 0.6) is 0 Å². The zero-order valence-corrected chi connectivity index (χ0v) is 10.6. The summed E-state index contributed by atoms with van der Waals surface area (Å²) in [6.45, 7) is 7.28. The first kappa shape index (κ1) is 11.9. The Hall–Kier alpha value is -1.55. The van der Waals surface area contributed by atoms with Gasteiger partial charge < -0.3 is 11.1 Å². The molecule has 1 aliphatic heterocycles. The summed E-state index contributed by atoms with van der Waals surface area (Å²) in [5.41, 5.74) is 10.1. The van der Waals surface area contributed by atoms with Gasteiger partial charge in [0.25, 0.3) is 0 Å². The Morgan fingerprint density at radius 3 is 2.41 bits per heavy atom. The molecule has 4 nitrogen and oxygen atoms in total. The van der Waals surface area contributed by atoms with E-state index in [9.17, 15) is 4.79 Å². The fourth-order valence-corrected chi connectivity index (χ4v) is 2.53. The molecule has 1 aromatic carbocycles. The predicted octanol–water partition coefficient (Wildman–Crippen LogP) is 1.47. The highest BCUT2D eigenvalue weighted by molar-refractivity contribution is 5.96. The van der Waals surface area contributed by atoms with Crippen LogP contribution in [0.25, 0.3) is 0 Å². The van der Waals surface area contributed by atoms with E-state index in [0.29, 0.717) is 13.1 Å². The van der Waals surface area contributed by atoms with Crippen molar-refractivity contribution in [3.05, 3.63) is 28.8 Å². The van der Waals surface area contributed by atoms with Gasteiger partial charge in [-0.25, -0.2) is 4.79 Å². The maximum absolute atomic E-state index is 11.9. The summed E-state index contributed by atoms with van der Waals surface area (Å²) in [5.74, 6) is 0. The minimum Gasteiger partial charge on any atom is -0.332 e. The van der Waals surface area contributed by atoms with Crippen LogP contribution in [-0.4, -0.2) is 25.2 Å². The van der Waals surface area contributed by atoms with Crippen LogP contribution in [-0.2, 0) is 0 Å². The summed E-state index contributed by atoms with van der Waals surface area (Å²) in [6.07, 6.45) is 0. The molecular formula is C13H19N3O. The Kier molecular flexibility index (Phi) is 3.07. The van der Waals surface area contributed by atoms with Gasteiger partial charge in [-0.3, -0.25) is 4.90 Å². The van der Waals surface area contributed by atoms with Gasteiger partial charge >= 0.3 is 6.03 Å². The Morgan fingerprint density at radius 2 is 1.94 bits per heavy atom. The summed E-state index contributed by atoms with van der Waals surface area (Å²) in [4.78, 5) is 13.7. The second kappa shape index (κ2) is 4.37. The van der Waals surface area contributed by atoms with Crippen molar-refractivity contribution in [2.45, 2.75) is 26.8 Å². The van der Waals surface area contributed by atoms with Crippen LogP contribution in [0, 0.1) is 20.8 Å². The van der Waals surface area contributed by atoms with Crippen molar-refractivity contribution in [1.82, 2.24) is 5.32 Å². The number of nitrogens with zero attached hydrogens (tertiary/aromatic N) is 1. The van der Waals surface area contributed by atoms with E-state index in [1.54, 1.807) is 4.90 Å². The highest BCUT2D eigenvalue weighted by atomic mass is 16.2. The SMILES string of the molecule is Cc1cc(C)c(N2CC(CN)NC2=O)c(C)c1. The number of hydrogen-bond donors (Lipinski definition) is 2. The number of urea groups is 1. The Balaban J connectivity index is 2.38. The van der Waals surface area contributed by atoms with E-state index in [1.165, 1.54) is 5.56 Å². The molecule has 2 rings (SSSR count). The topological polar surface area (TPSA) is 58.4 Å². The average Bonchev–Trinajstić information content (AvgIpc) is 2.59. The summed E-state index contributed by atoms with van der Waals surface area (Å²) in [6, 6.07) is 4.22. The quantitative estimate of drug-likeness (QED) is 0.812. The largest absolute Gasteiger partial charge is 0.332 e. The molecule has 1 aromatic rings. The number of rotatable bonds is 2. The van der Waals surface area contributed by atoms with Crippen molar-refractivity contribution in [1.29, 1.82) is 0 Å². The molecule has 0 bridgehead atoms. The second-order valence-electron chi connectivity index (χ2n) is 4.74. The Labute approximate surface area is 102 Å². The number of hydrogen-bond acceptors (Lipinski definition) is 2. The van der Waals surface area contributed by atoms with Gasteiger partial charge in [-0.05, 0) is 31.9 Å². The van der Waals surface area contributed by atoms with Crippen LogP contribution < -0.4 is 16.0 Å². The molecule has 2 amide bonds. The number of aryl methyl sites for hydroxylation is 3. The zero-order chi connectivity index (χ0) is 12.6. The number of benzene rings is 1. The molecule has 1 unspecified atom stereocenters. The van der Waals surface area contributed by atoms with E-state index in [0.717, 1.165) is 16.8 Å². The lowest BCUT2D eigenvalue weighted by Gasteiger charge is -2.20. The van der Waals surface area contributed by atoms with Crippen molar-refractivity contribution in [3.8, 4) is 0 Å². The Morgan fingerprint density at radius 1 is 1.35 bits per heavy atom. The van der Waals surface area contributed by atoms with Crippen LogP contribution in [0.15, 0.2) is 12.1 Å². The first-order chi connectivity index (χ1) is 8.02. The highest BCUT2D eigenvalue weighted by Crippen LogP contribution is 2.28. The van der Waals surface area contributed by atoms with Gasteiger partial charge in [0, 0.05) is 13.1 Å². The van der Waals surface area contributed by atoms with E-state index < -0.39 is 0 Å². The van der Waals surface area contributed by atoms with E-state index >= 15 is 0 Å². The molecule has 1 heterocycles. The number of anilines is 1. The van der Waals surface area contributed by atoms with Gasteiger partial charge in [-0.2, -0.15) is 0 Å². The minimum absolute atomic E-state index is 0.0458. The van der Waals surface area contributed by atoms with E-state index in [-0.39, 0.29) is 12.1 Å². The number of carbonyl (C=O) groups is 1. The molecular weight excluding hydrogens is 214 g/mol. The average molecular weight is 233 g/mol. The van der Waals surface area contributed by atoms with Crippen molar-refractivity contribution < 1.29 is 4.79 Å². The van der Waals surface area contributed by atoms with Crippen molar-refractivity contribution in [2.75, 3.05) is 18.0 Å². The van der Waals surface area contributed by atoms with E-state index in [2.05, 4.69) is 24.4 Å². The molecule has 1 fully saturated rings. The maximum Gasteiger partial charge on any atom is 0.322 e. The molecule has 1 aliphatic rings. The summed E-state index contributed by atoms with van der Waals surface area (Å²) >= 11 is 0. The molecule has 17 heavy (non-hydrogen) atoms. The van der Waals surface area contributed by atoms with Gasteiger partial charge in [0.15, 0.2) is 0 Å². The summed E-state index contributed by atoms with van der Waals surface area (Å²) < 4.78 is 0. The normalized spacial score (nSPS) is 19.6. The number of carbonyl (C=O) groups excluding carboxylic acids is 1. The molecule has 0 spiro atoms. The molecule has 0 saturated carbocycles. The van der Waals surface area contributed by atoms with Crippen LogP contribution in [0.4, 0.5) is 10.5 Å². The molecule has 0 aliphatic carbocycles. The second-order valence-corrected chi connectivity index (χ2v) is 4.74. The first-order valence-corrected chi connectivity index (χ1v) is 5.89. The number of nitrogens with two attached hydrogens (primary N) is 1. The van der Waals surface area contributed by atoms with Crippen LogP contribution >= 0.6 is 0 Å². The van der Waals surface area contributed by atoms with Crippen molar-refractivity contribution >= 4 is 11.7 Å². The minimum atomic E-state index is -0.0458. The zero-order valence-electron chi connectivity index (χ0n) is 10.6. The third kappa shape index (κ3) is 2.13. The third-order valence-corrected chi connectivity index (χ3v) is 3.17. The standard InChI is InChI=1S/C13H19N3O/c1-8-4-9(2)12(10(3)5-8)16-7-11(6-14)15-13(16)17/h4-5,11H,6-7,14H2,1-3H3,(H,15,17). The van der Waals surface area contributed by atoms with E-state index in [1.807, 2.05) is 13.8 Å². The van der Waals surface area contributed by atoms with Crippen molar-refractivity contribution in [2.24, 2.45) is 5.73 Å². The van der Waals surface area contributed by atoms with Crippen molar-refractivity contribution in [3.63, 3.8) is 0 Å². The maximum atomic E-state index is 11.9. The van der Waals surface area contributed by atoms with Gasteiger partial charge in [0.2, 0.25) is 0 Å². The molecule has 3 N–H and O–H groups in total. The molecule has 4 heteroatoms. The summed E-state index contributed by atoms with van der Waals surface area (Å²) in [7, 11) is 0. The highest BCUT2D eigenvalue weighted by Gasteiger charge is 2.30. The lowest BCUT2D eigenvalue weighted by atomic mass is 10.0. The first-order valence-electron chi connectivity index (χ1n) is 5.89. The van der Waals surface area contributed by atoms with Crippen LogP contribution in [0.1, 0.15) is 16.7 Å². The van der Waals surface area contributed by atoms with Gasteiger partial charge in [-0.1, -0.05) is 17.7 Å². The van der Waals surface area contributed by atoms with Crippen LogP contribution in [0.3, 0.4) is 0 Å². The molecule has 0 radical (unpaired) electrons. The van der Waals surface area contributed by atoms with Gasteiger partial charge in [0.05, 0.1) is 11.7 Å². The molecule has 92 valence electrons. The lowest BCUT2D eigenvalue weighted by Crippen LogP contribution is -2.33. The summed E-state index contributed by atoms with van der Waals surface area (Å²) in [5, 5.41) is 2.88.